The first-order valence-electron chi connectivity index (χ1n) is 3.41. The average Bonchev–Trinajstić information content (AvgIpc) is 2.06. The summed E-state index contributed by atoms with van der Waals surface area (Å²) in [5.74, 6) is 1.30. The maximum Gasteiger partial charge on any atom is 0.150 e. The lowest BCUT2D eigenvalue weighted by Crippen LogP contribution is -1.93. The summed E-state index contributed by atoms with van der Waals surface area (Å²) in [7, 11) is 1.57. The fourth-order valence-corrected chi connectivity index (χ4v) is 0.708. The molecule has 0 saturated heterocycles. The molecule has 0 N–H and O–H groups in total. The van der Waals surface area contributed by atoms with Crippen molar-refractivity contribution in [2.24, 2.45) is 0 Å². The van der Waals surface area contributed by atoms with Gasteiger partial charge in [0.2, 0.25) is 0 Å². The lowest BCUT2D eigenvalue weighted by molar-refractivity contribution is 0.334. The normalized spacial score (nSPS) is 9.27. The Morgan fingerprint density at radius 1 is 1.64 bits per heavy atom. The van der Waals surface area contributed by atoms with Crippen molar-refractivity contribution in [3.63, 3.8) is 0 Å². The molecule has 1 aromatic rings. The Kier molecular flexibility index (Phi) is 2.72. The van der Waals surface area contributed by atoms with E-state index in [9.17, 15) is 0 Å². The largest absolute Gasteiger partial charge is 0.494 e. The van der Waals surface area contributed by atoms with Gasteiger partial charge in [-0.1, -0.05) is 0 Å². The maximum absolute atomic E-state index is 5.19. The van der Waals surface area contributed by atoms with E-state index in [1.54, 1.807) is 19.4 Å². The molecule has 0 amide bonds. The predicted molar refractivity (Wildman–Crippen MR) is 40.8 cm³/mol. The lowest BCUT2D eigenvalue weighted by Gasteiger charge is -2.02. The predicted octanol–water partition coefficient (Wildman–Crippen LogP) is 1.29. The van der Waals surface area contributed by atoms with E-state index in [-0.39, 0.29) is 0 Å². The molecule has 1 radical (unpaired) electrons. The Balaban J connectivity index is 2.74. The van der Waals surface area contributed by atoms with Crippen molar-refractivity contribution in [1.82, 2.24) is 4.98 Å². The van der Waals surface area contributed by atoms with Crippen LogP contribution in [0.25, 0.3) is 0 Å². The standard InChI is InChI=1S/C8H10NO2/c1-3-11-8-4-7(10-2)5-9-6-8/h4,6H,3H2,1-2H3. The van der Waals surface area contributed by atoms with Gasteiger partial charge < -0.3 is 9.47 Å². The maximum atomic E-state index is 5.19. The summed E-state index contributed by atoms with van der Waals surface area (Å²) >= 11 is 0. The fraction of sp³-hybridized carbons (Fsp3) is 0.375. The van der Waals surface area contributed by atoms with E-state index in [2.05, 4.69) is 11.2 Å². The summed E-state index contributed by atoms with van der Waals surface area (Å²) in [6.45, 7) is 2.55. The highest BCUT2D eigenvalue weighted by Gasteiger charge is 1.95. The minimum atomic E-state index is 0.593. The van der Waals surface area contributed by atoms with E-state index >= 15 is 0 Å². The van der Waals surface area contributed by atoms with E-state index in [1.165, 1.54) is 0 Å². The number of rotatable bonds is 3. The molecule has 0 aliphatic rings. The van der Waals surface area contributed by atoms with Gasteiger partial charge in [0, 0.05) is 6.07 Å². The van der Waals surface area contributed by atoms with Crippen LogP contribution < -0.4 is 9.47 Å². The first kappa shape index (κ1) is 7.85. The molecule has 0 saturated carbocycles. The molecular weight excluding hydrogens is 142 g/mol. The molecule has 0 aliphatic heterocycles. The smallest absolute Gasteiger partial charge is 0.150 e. The summed E-state index contributed by atoms with van der Waals surface area (Å²) in [6, 6.07) is 1.75. The zero-order valence-electron chi connectivity index (χ0n) is 6.63. The van der Waals surface area contributed by atoms with Crippen LogP contribution in [-0.2, 0) is 0 Å². The summed E-state index contributed by atoms with van der Waals surface area (Å²) in [4.78, 5) is 3.80. The van der Waals surface area contributed by atoms with Crippen molar-refractivity contribution in [2.75, 3.05) is 13.7 Å². The molecule has 0 bridgehead atoms. The fourth-order valence-electron chi connectivity index (χ4n) is 0.708. The van der Waals surface area contributed by atoms with Crippen LogP contribution in [-0.4, -0.2) is 18.7 Å². The highest BCUT2D eigenvalue weighted by atomic mass is 16.5. The number of nitrogens with zero attached hydrogens (tertiary/aromatic N) is 1. The molecule has 0 unspecified atom stereocenters. The van der Waals surface area contributed by atoms with Gasteiger partial charge in [-0.3, -0.25) is 0 Å². The van der Waals surface area contributed by atoms with Crippen LogP contribution in [0.3, 0.4) is 0 Å². The topological polar surface area (TPSA) is 31.4 Å². The van der Waals surface area contributed by atoms with Gasteiger partial charge in [-0.15, -0.1) is 0 Å². The van der Waals surface area contributed by atoms with Gasteiger partial charge in [0.05, 0.1) is 19.9 Å². The Morgan fingerprint density at radius 2 is 2.45 bits per heavy atom. The van der Waals surface area contributed by atoms with Gasteiger partial charge in [-0.25, -0.2) is 4.98 Å². The summed E-state index contributed by atoms with van der Waals surface area (Å²) in [5, 5.41) is 0. The van der Waals surface area contributed by atoms with E-state index in [0.29, 0.717) is 18.1 Å². The summed E-state index contributed by atoms with van der Waals surface area (Å²) < 4.78 is 10.1. The van der Waals surface area contributed by atoms with Crippen molar-refractivity contribution < 1.29 is 9.47 Å². The number of pyridine rings is 1. The Morgan fingerprint density at radius 3 is 3.09 bits per heavy atom. The van der Waals surface area contributed by atoms with Crippen LogP contribution in [0.2, 0.25) is 0 Å². The number of aromatic nitrogens is 1. The molecule has 11 heavy (non-hydrogen) atoms. The van der Waals surface area contributed by atoms with E-state index in [1.807, 2.05) is 6.92 Å². The highest BCUT2D eigenvalue weighted by Crippen LogP contribution is 2.15. The zero-order valence-corrected chi connectivity index (χ0v) is 6.63. The minimum Gasteiger partial charge on any atom is -0.494 e. The van der Waals surface area contributed by atoms with Crippen molar-refractivity contribution in [3.8, 4) is 11.5 Å². The van der Waals surface area contributed by atoms with Crippen molar-refractivity contribution in [3.05, 3.63) is 18.5 Å². The van der Waals surface area contributed by atoms with Gasteiger partial charge in [-0.05, 0) is 6.92 Å². The molecule has 59 valence electrons. The molecule has 3 heteroatoms. The Hall–Kier alpha value is -1.25. The second-order valence-electron chi connectivity index (χ2n) is 1.92. The molecule has 3 nitrogen and oxygen atoms in total. The van der Waals surface area contributed by atoms with E-state index in [0.717, 1.165) is 0 Å². The average molecular weight is 152 g/mol. The minimum absolute atomic E-state index is 0.593. The van der Waals surface area contributed by atoms with Crippen molar-refractivity contribution >= 4 is 0 Å². The third-order valence-corrected chi connectivity index (χ3v) is 1.17. The Bertz CT molecular complexity index is 225. The number of methoxy groups -OCH3 is 1. The highest BCUT2D eigenvalue weighted by molar-refractivity contribution is 5.27. The van der Waals surface area contributed by atoms with Crippen LogP contribution >= 0.6 is 0 Å². The van der Waals surface area contributed by atoms with Crippen LogP contribution in [0.15, 0.2) is 12.3 Å². The number of ether oxygens (including phenoxy) is 2. The van der Waals surface area contributed by atoms with Gasteiger partial charge in [-0.2, -0.15) is 0 Å². The first-order chi connectivity index (χ1) is 5.36. The monoisotopic (exact) mass is 152 g/mol. The number of hydrogen-bond acceptors (Lipinski definition) is 3. The van der Waals surface area contributed by atoms with Crippen molar-refractivity contribution in [1.29, 1.82) is 0 Å². The van der Waals surface area contributed by atoms with Crippen LogP contribution in [0, 0.1) is 6.20 Å². The third-order valence-electron chi connectivity index (χ3n) is 1.17. The van der Waals surface area contributed by atoms with Gasteiger partial charge in [0.15, 0.2) is 5.75 Å². The van der Waals surface area contributed by atoms with Crippen LogP contribution in [0.1, 0.15) is 6.92 Å². The van der Waals surface area contributed by atoms with Crippen molar-refractivity contribution in [2.45, 2.75) is 6.92 Å². The molecule has 0 atom stereocenters. The summed E-state index contributed by atoms with van der Waals surface area (Å²) in [6.07, 6.45) is 4.27. The number of hydrogen-bond donors (Lipinski definition) is 0. The molecule has 0 aromatic carbocycles. The third kappa shape index (κ3) is 2.11. The Labute approximate surface area is 66.0 Å². The van der Waals surface area contributed by atoms with Gasteiger partial charge >= 0.3 is 0 Å². The molecule has 0 spiro atoms. The van der Waals surface area contributed by atoms with Gasteiger partial charge in [0.1, 0.15) is 11.9 Å². The molecule has 1 aromatic heterocycles. The molecule has 1 rings (SSSR count). The van der Waals surface area contributed by atoms with E-state index < -0.39 is 0 Å². The van der Waals surface area contributed by atoms with Gasteiger partial charge in [0.25, 0.3) is 0 Å². The molecule has 1 heterocycles. The SMILES string of the molecule is CCOc1cn[c]c(OC)c1. The van der Waals surface area contributed by atoms with Crippen LogP contribution in [0.4, 0.5) is 0 Å². The summed E-state index contributed by atoms with van der Waals surface area (Å²) in [5.41, 5.74) is 0. The molecule has 0 fully saturated rings. The second-order valence-corrected chi connectivity index (χ2v) is 1.92. The molecular formula is C8H10NO2. The second kappa shape index (κ2) is 3.81. The van der Waals surface area contributed by atoms with E-state index in [4.69, 9.17) is 9.47 Å². The van der Waals surface area contributed by atoms with Crippen LogP contribution in [0.5, 0.6) is 11.5 Å². The zero-order chi connectivity index (χ0) is 8.10. The quantitative estimate of drug-likeness (QED) is 0.654. The lowest BCUT2D eigenvalue weighted by atomic mass is 10.4. The first-order valence-corrected chi connectivity index (χ1v) is 3.41. The molecule has 0 aliphatic carbocycles.